The highest BCUT2D eigenvalue weighted by atomic mass is 32.1. The smallest absolute Gasteiger partial charge is 0.350 e. The van der Waals surface area contributed by atoms with Crippen LogP contribution in [0.25, 0.3) is 0 Å². The Morgan fingerprint density at radius 3 is 2.64 bits per heavy atom. The molecule has 0 amide bonds. The number of guanidine groups is 1. The van der Waals surface area contributed by atoms with Gasteiger partial charge in [0.15, 0.2) is 5.96 Å². The summed E-state index contributed by atoms with van der Waals surface area (Å²) in [4.78, 5) is 21.0. The second-order valence-electron chi connectivity index (χ2n) is 6.00. The van der Waals surface area contributed by atoms with E-state index in [1.807, 2.05) is 6.92 Å². The number of hydrogen-bond acceptors (Lipinski definition) is 5. The second-order valence-corrected chi connectivity index (χ2v) is 7.03. The van der Waals surface area contributed by atoms with E-state index in [-0.39, 0.29) is 24.0 Å². The fraction of sp³-hybridized carbons (Fsp3) is 0.421. The Labute approximate surface area is 167 Å². The van der Waals surface area contributed by atoms with Crippen LogP contribution in [0.1, 0.15) is 45.8 Å². The molecule has 152 valence electrons. The number of ether oxygens (including phenoxy) is 1. The van der Waals surface area contributed by atoms with Crippen molar-refractivity contribution in [2.45, 2.75) is 33.2 Å². The highest BCUT2D eigenvalue weighted by Crippen LogP contribution is 2.24. The van der Waals surface area contributed by atoms with Crippen LogP contribution in [0.5, 0.6) is 0 Å². The van der Waals surface area contributed by atoms with Gasteiger partial charge in [0, 0.05) is 19.2 Å². The average Bonchev–Trinajstić information content (AvgIpc) is 3.05. The maximum atomic E-state index is 13.7. The van der Waals surface area contributed by atoms with Crippen molar-refractivity contribution in [3.63, 3.8) is 0 Å². The van der Waals surface area contributed by atoms with E-state index in [0.717, 1.165) is 0 Å². The van der Waals surface area contributed by atoms with E-state index in [1.54, 1.807) is 20.9 Å². The van der Waals surface area contributed by atoms with Gasteiger partial charge in [0.1, 0.15) is 21.5 Å². The van der Waals surface area contributed by atoms with Crippen LogP contribution in [0.2, 0.25) is 0 Å². The normalized spacial score (nSPS) is 12.6. The largest absolute Gasteiger partial charge is 0.462 e. The summed E-state index contributed by atoms with van der Waals surface area (Å²) in [6.45, 7) is 6.00. The van der Waals surface area contributed by atoms with Crippen molar-refractivity contribution in [3.05, 3.63) is 51.0 Å². The number of carbonyl (C=O) groups excluding carboxylic acids is 1. The number of aliphatic imine (C=N–C) groups is 1. The van der Waals surface area contributed by atoms with Crippen LogP contribution in [0, 0.1) is 18.6 Å². The number of aromatic nitrogens is 1. The molecule has 0 radical (unpaired) electrons. The third-order valence-corrected chi connectivity index (χ3v) is 5.27. The summed E-state index contributed by atoms with van der Waals surface area (Å²) in [5.74, 6) is -1.05. The van der Waals surface area contributed by atoms with E-state index in [2.05, 4.69) is 20.6 Å². The molecule has 0 aliphatic rings. The fourth-order valence-corrected chi connectivity index (χ4v) is 3.49. The monoisotopic (exact) mass is 410 g/mol. The number of benzene rings is 1. The molecule has 0 fully saturated rings. The van der Waals surface area contributed by atoms with Gasteiger partial charge in [-0.1, -0.05) is 6.07 Å². The zero-order chi connectivity index (χ0) is 20.7. The molecular weight excluding hydrogens is 386 g/mol. The van der Waals surface area contributed by atoms with E-state index in [4.69, 9.17) is 4.74 Å². The second kappa shape index (κ2) is 10.1. The van der Waals surface area contributed by atoms with Crippen molar-refractivity contribution in [2.75, 3.05) is 20.2 Å². The van der Waals surface area contributed by atoms with Crippen molar-refractivity contribution in [1.82, 2.24) is 15.6 Å². The number of esters is 1. The topological polar surface area (TPSA) is 75.6 Å². The quantitative estimate of drug-likeness (QED) is 0.416. The predicted molar refractivity (Wildman–Crippen MR) is 106 cm³/mol. The first-order valence-corrected chi connectivity index (χ1v) is 9.73. The average molecular weight is 410 g/mol. The summed E-state index contributed by atoms with van der Waals surface area (Å²) in [6, 6.07) is 3.59. The summed E-state index contributed by atoms with van der Waals surface area (Å²) in [7, 11) is 1.60. The maximum absolute atomic E-state index is 13.7. The van der Waals surface area contributed by atoms with E-state index < -0.39 is 11.6 Å². The lowest BCUT2D eigenvalue weighted by Crippen LogP contribution is -2.39. The van der Waals surface area contributed by atoms with Crippen molar-refractivity contribution in [3.8, 4) is 0 Å². The summed E-state index contributed by atoms with van der Waals surface area (Å²) in [5.41, 5.74) is 0.651. The van der Waals surface area contributed by atoms with Crippen LogP contribution in [0.4, 0.5) is 8.78 Å². The summed E-state index contributed by atoms with van der Waals surface area (Å²) in [6.07, 6.45) is 0.178. The van der Waals surface area contributed by atoms with Gasteiger partial charge in [-0.05, 0) is 39.3 Å². The van der Waals surface area contributed by atoms with Crippen LogP contribution in [-0.2, 0) is 11.2 Å². The number of nitrogens with one attached hydrogen (secondary N) is 2. The standard InChI is InChI=1S/C19H24F2N4O2S/c1-5-27-18(26)16-11(2)24-17(28-16)12(3)25-19(22-4)23-10-9-13-14(20)7-6-8-15(13)21/h6-8,12H,5,9-10H2,1-4H3,(H2,22,23,25). The molecule has 2 N–H and O–H groups in total. The number of thiazole rings is 1. The number of nitrogens with zero attached hydrogens (tertiary/aromatic N) is 2. The van der Waals surface area contributed by atoms with Gasteiger partial charge in [0.2, 0.25) is 0 Å². The van der Waals surface area contributed by atoms with Gasteiger partial charge in [0.05, 0.1) is 18.3 Å². The molecule has 2 rings (SSSR count). The molecule has 28 heavy (non-hydrogen) atoms. The van der Waals surface area contributed by atoms with Crippen LogP contribution in [0.3, 0.4) is 0 Å². The lowest BCUT2D eigenvalue weighted by Gasteiger charge is -2.16. The van der Waals surface area contributed by atoms with Crippen LogP contribution < -0.4 is 10.6 Å². The Morgan fingerprint density at radius 2 is 2.04 bits per heavy atom. The molecule has 0 aliphatic heterocycles. The molecule has 1 aromatic heterocycles. The molecule has 1 atom stereocenters. The first-order valence-electron chi connectivity index (χ1n) is 8.91. The fourth-order valence-electron chi connectivity index (χ4n) is 2.53. The predicted octanol–water partition coefficient (Wildman–Crippen LogP) is 3.38. The molecule has 0 saturated heterocycles. The third kappa shape index (κ3) is 5.48. The molecule has 1 unspecified atom stereocenters. The van der Waals surface area contributed by atoms with Gasteiger partial charge in [-0.3, -0.25) is 4.99 Å². The third-order valence-electron chi connectivity index (χ3n) is 3.95. The Morgan fingerprint density at radius 1 is 1.36 bits per heavy atom. The summed E-state index contributed by atoms with van der Waals surface area (Å²) < 4.78 is 32.4. The number of hydrogen-bond donors (Lipinski definition) is 2. The molecule has 0 saturated carbocycles. The van der Waals surface area contributed by atoms with Gasteiger partial charge < -0.3 is 15.4 Å². The summed E-state index contributed by atoms with van der Waals surface area (Å²) in [5, 5.41) is 6.90. The first-order chi connectivity index (χ1) is 13.4. The summed E-state index contributed by atoms with van der Waals surface area (Å²) >= 11 is 1.26. The van der Waals surface area contributed by atoms with E-state index in [0.29, 0.717) is 34.7 Å². The number of rotatable bonds is 7. The number of halogens is 2. The molecule has 0 aliphatic carbocycles. The Balaban J connectivity index is 1.95. The van der Waals surface area contributed by atoms with Crippen molar-refractivity contribution >= 4 is 23.3 Å². The molecule has 0 bridgehead atoms. The molecule has 1 heterocycles. The van der Waals surface area contributed by atoms with Gasteiger partial charge in [0.25, 0.3) is 0 Å². The zero-order valence-electron chi connectivity index (χ0n) is 16.3. The Bertz CT molecular complexity index is 834. The van der Waals surface area contributed by atoms with E-state index in [9.17, 15) is 13.6 Å². The van der Waals surface area contributed by atoms with Gasteiger partial charge >= 0.3 is 5.97 Å². The van der Waals surface area contributed by atoms with Crippen LogP contribution >= 0.6 is 11.3 Å². The Hall–Kier alpha value is -2.55. The van der Waals surface area contributed by atoms with Gasteiger partial charge in [-0.15, -0.1) is 11.3 Å². The lowest BCUT2D eigenvalue weighted by atomic mass is 10.1. The highest BCUT2D eigenvalue weighted by molar-refractivity contribution is 7.13. The van der Waals surface area contributed by atoms with E-state index in [1.165, 1.54) is 29.5 Å². The molecular formula is C19H24F2N4O2S. The van der Waals surface area contributed by atoms with Crippen LogP contribution in [0.15, 0.2) is 23.2 Å². The molecule has 1 aromatic carbocycles. The SMILES string of the molecule is CCOC(=O)c1sc(C(C)NC(=NC)NCCc2c(F)cccc2F)nc1C. The van der Waals surface area contributed by atoms with Crippen LogP contribution in [-0.4, -0.2) is 37.1 Å². The molecule has 6 nitrogen and oxygen atoms in total. The van der Waals surface area contributed by atoms with Gasteiger partial charge in [-0.2, -0.15) is 0 Å². The first kappa shape index (κ1) is 21.7. The Kier molecular flexibility index (Phi) is 7.86. The molecule has 2 aromatic rings. The maximum Gasteiger partial charge on any atom is 0.350 e. The minimum Gasteiger partial charge on any atom is -0.462 e. The zero-order valence-corrected chi connectivity index (χ0v) is 17.1. The van der Waals surface area contributed by atoms with Crippen molar-refractivity contribution in [2.24, 2.45) is 4.99 Å². The highest BCUT2D eigenvalue weighted by Gasteiger charge is 2.20. The lowest BCUT2D eigenvalue weighted by molar-refractivity contribution is 0.0531. The number of aryl methyl sites for hydroxylation is 1. The van der Waals surface area contributed by atoms with E-state index >= 15 is 0 Å². The van der Waals surface area contributed by atoms with Gasteiger partial charge in [-0.25, -0.2) is 18.6 Å². The van der Waals surface area contributed by atoms with Crippen molar-refractivity contribution < 1.29 is 18.3 Å². The minimum atomic E-state index is -0.567. The van der Waals surface area contributed by atoms with Crippen molar-refractivity contribution in [1.29, 1.82) is 0 Å². The minimum absolute atomic E-state index is 0.0353. The molecule has 0 spiro atoms. The number of carbonyl (C=O) groups is 1. The molecule has 9 heteroatoms.